The lowest BCUT2D eigenvalue weighted by Crippen LogP contribution is -2.23. The summed E-state index contributed by atoms with van der Waals surface area (Å²) in [5.41, 5.74) is 0. The van der Waals surface area contributed by atoms with Crippen LogP contribution in [0, 0.1) is 6.92 Å². The topological polar surface area (TPSA) is 37.8 Å². The third-order valence-electron chi connectivity index (χ3n) is 1.46. The van der Waals surface area contributed by atoms with Crippen molar-refractivity contribution in [1.82, 2.24) is 15.5 Å². The first-order valence-corrected chi connectivity index (χ1v) is 5.62. The molecule has 0 amide bonds. The van der Waals surface area contributed by atoms with Gasteiger partial charge in [0.15, 0.2) is 4.34 Å². The van der Waals surface area contributed by atoms with Gasteiger partial charge in [0.2, 0.25) is 0 Å². The normalized spacial score (nSPS) is 13.2. The molecule has 0 aliphatic rings. The lowest BCUT2D eigenvalue weighted by atomic mass is 10.4. The molecule has 0 aliphatic heterocycles. The Balaban J connectivity index is 2.33. The highest BCUT2D eigenvalue weighted by atomic mass is 32.2. The number of rotatable bonds is 4. The molecular weight excluding hydrogens is 190 g/mol. The third kappa shape index (κ3) is 3.08. The Morgan fingerprint density at radius 3 is 2.83 bits per heavy atom. The fourth-order valence-electron chi connectivity index (χ4n) is 0.616. The van der Waals surface area contributed by atoms with Crippen molar-refractivity contribution < 1.29 is 0 Å². The molecule has 0 fully saturated rings. The molecule has 1 atom stereocenters. The van der Waals surface area contributed by atoms with Gasteiger partial charge in [-0.1, -0.05) is 23.1 Å². The second-order valence-corrected chi connectivity index (χ2v) is 5.04. The zero-order chi connectivity index (χ0) is 8.97. The molecule has 0 bridgehead atoms. The fraction of sp³-hybridized carbons (Fsp3) is 0.714. The molecule has 1 N–H and O–H groups in total. The Bertz CT molecular complexity index is 236. The van der Waals surface area contributed by atoms with Crippen LogP contribution < -0.4 is 5.32 Å². The molecule has 12 heavy (non-hydrogen) atoms. The highest BCUT2D eigenvalue weighted by Crippen LogP contribution is 2.21. The summed E-state index contributed by atoms with van der Waals surface area (Å²) in [6.45, 7) is 4.13. The molecule has 0 aromatic carbocycles. The van der Waals surface area contributed by atoms with E-state index in [2.05, 4.69) is 22.4 Å². The van der Waals surface area contributed by atoms with E-state index in [1.807, 2.05) is 14.0 Å². The Hall–Kier alpha value is -0.130. The summed E-state index contributed by atoms with van der Waals surface area (Å²) in [7, 11) is 1.97. The molecule has 1 heterocycles. The van der Waals surface area contributed by atoms with Gasteiger partial charge in [-0.3, -0.25) is 0 Å². The molecule has 1 aromatic heterocycles. The molecule has 0 saturated heterocycles. The first-order valence-electron chi connectivity index (χ1n) is 3.82. The molecular formula is C7H13N3S2. The monoisotopic (exact) mass is 203 g/mol. The molecule has 68 valence electrons. The van der Waals surface area contributed by atoms with E-state index in [0.29, 0.717) is 6.04 Å². The van der Waals surface area contributed by atoms with Crippen LogP contribution in [0.1, 0.15) is 11.9 Å². The molecule has 1 rings (SSSR count). The lowest BCUT2D eigenvalue weighted by molar-refractivity contribution is 0.677. The van der Waals surface area contributed by atoms with Crippen molar-refractivity contribution in [2.75, 3.05) is 12.8 Å². The van der Waals surface area contributed by atoms with Crippen LogP contribution >= 0.6 is 23.1 Å². The number of thioether (sulfide) groups is 1. The van der Waals surface area contributed by atoms with Crippen molar-refractivity contribution in [2.24, 2.45) is 0 Å². The molecule has 1 aromatic rings. The van der Waals surface area contributed by atoms with E-state index in [0.717, 1.165) is 15.1 Å². The maximum atomic E-state index is 4.03. The van der Waals surface area contributed by atoms with Crippen LogP contribution in [0.4, 0.5) is 0 Å². The van der Waals surface area contributed by atoms with E-state index in [9.17, 15) is 0 Å². The summed E-state index contributed by atoms with van der Waals surface area (Å²) >= 11 is 3.41. The Labute approximate surface area is 81.0 Å². The third-order valence-corrected chi connectivity index (χ3v) is 3.69. The van der Waals surface area contributed by atoms with Gasteiger partial charge in [-0.25, -0.2) is 0 Å². The fourth-order valence-corrected chi connectivity index (χ4v) is 2.49. The van der Waals surface area contributed by atoms with E-state index < -0.39 is 0 Å². The zero-order valence-corrected chi connectivity index (χ0v) is 9.13. The minimum Gasteiger partial charge on any atom is -0.316 e. The number of aryl methyl sites for hydroxylation is 1. The van der Waals surface area contributed by atoms with Crippen LogP contribution in [0.5, 0.6) is 0 Å². The van der Waals surface area contributed by atoms with Crippen LogP contribution in [0.25, 0.3) is 0 Å². The molecule has 0 spiro atoms. The van der Waals surface area contributed by atoms with Crippen molar-refractivity contribution in [1.29, 1.82) is 0 Å². The van der Waals surface area contributed by atoms with Gasteiger partial charge in [-0.05, 0) is 20.9 Å². The number of aromatic nitrogens is 2. The predicted molar refractivity (Wildman–Crippen MR) is 53.9 cm³/mol. The molecule has 1 unspecified atom stereocenters. The minimum absolute atomic E-state index is 0.527. The van der Waals surface area contributed by atoms with Crippen LogP contribution in [-0.2, 0) is 0 Å². The minimum atomic E-state index is 0.527. The van der Waals surface area contributed by atoms with Gasteiger partial charge < -0.3 is 5.32 Å². The van der Waals surface area contributed by atoms with Gasteiger partial charge in [0.05, 0.1) is 0 Å². The first kappa shape index (κ1) is 9.95. The van der Waals surface area contributed by atoms with Gasteiger partial charge >= 0.3 is 0 Å². The summed E-state index contributed by atoms with van der Waals surface area (Å²) < 4.78 is 1.06. The van der Waals surface area contributed by atoms with Crippen molar-refractivity contribution in [3.8, 4) is 0 Å². The summed E-state index contributed by atoms with van der Waals surface area (Å²) in [5.74, 6) is 1.05. The average molecular weight is 203 g/mol. The zero-order valence-electron chi connectivity index (χ0n) is 7.50. The Kier molecular flexibility index (Phi) is 3.97. The number of hydrogen-bond acceptors (Lipinski definition) is 5. The van der Waals surface area contributed by atoms with E-state index >= 15 is 0 Å². The quantitative estimate of drug-likeness (QED) is 0.753. The molecule has 0 saturated carbocycles. The van der Waals surface area contributed by atoms with Crippen LogP contribution in [0.2, 0.25) is 0 Å². The maximum Gasteiger partial charge on any atom is 0.174 e. The Morgan fingerprint density at radius 1 is 1.58 bits per heavy atom. The average Bonchev–Trinajstić information content (AvgIpc) is 2.47. The number of nitrogens with one attached hydrogen (secondary N) is 1. The van der Waals surface area contributed by atoms with Gasteiger partial charge in [-0.2, -0.15) is 0 Å². The van der Waals surface area contributed by atoms with E-state index in [1.165, 1.54) is 0 Å². The van der Waals surface area contributed by atoms with Gasteiger partial charge in [-0.15, -0.1) is 10.2 Å². The first-order chi connectivity index (χ1) is 5.72. The van der Waals surface area contributed by atoms with Crippen LogP contribution in [-0.4, -0.2) is 29.0 Å². The highest BCUT2D eigenvalue weighted by Gasteiger charge is 2.03. The lowest BCUT2D eigenvalue weighted by Gasteiger charge is -2.06. The largest absolute Gasteiger partial charge is 0.316 e. The van der Waals surface area contributed by atoms with Gasteiger partial charge in [0, 0.05) is 11.8 Å². The summed E-state index contributed by atoms with van der Waals surface area (Å²) in [6.07, 6.45) is 0. The second-order valence-electron chi connectivity index (χ2n) is 2.59. The van der Waals surface area contributed by atoms with E-state index in [-0.39, 0.29) is 0 Å². The molecule has 0 radical (unpaired) electrons. The summed E-state index contributed by atoms with van der Waals surface area (Å²) in [5, 5.41) is 12.2. The number of hydrogen-bond donors (Lipinski definition) is 1. The summed E-state index contributed by atoms with van der Waals surface area (Å²) in [6, 6.07) is 0.527. The van der Waals surface area contributed by atoms with Gasteiger partial charge in [0.1, 0.15) is 5.01 Å². The van der Waals surface area contributed by atoms with Gasteiger partial charge in [0.25, 0.3) is 0 Å². The SMILES string of the molecule is CNC(C)CSc1nnc(C)s1. The molecule has 5 heteroatoms. The van der Waals surface area contributed by atoms with Crippen molar-refractivity contribution in [2.45, 2.75) is 24.2 Å². The van der Waals surface area contributed by atoms with Crippen molar-refractivity contribution >= 4 is 23.1 Å². The predicted octanol–water partition coefficient (Wildman–Crippen LogP) is 1.55. The molecule has 0 aliphatic carbocycles. The second kappa shape index (κ2) is 4.79. The highest BCUT2D eigenvalue weighted by molar-refractivity contribution is 8.01. The molecule has 3 nitrogen and oxygen atoms in total. The number of nitrogens with zero attached hydrogens (tertiary/aromatic N) is 2. The van der Waals surface area contributed by atoms with E-state index in [1.54, 1.807) is 23.1 Å². The standard InChI is InChI=1S/C7H13N3S2/c1-5(8-3)4-11-7-10-9-6(2)12-7/h5,8H,4H2,1-3H3. The van der Waals surface area contributed by atoms with E-state index in [4.69, 9.17) is 0 Å². The van der Waals surface area contributed by atoms with Crippen LogP contribution in [0.3, 0.4) is 0 Å². The van der Waals surface area contributed by atoms with Crippen molar-refractivity contribution in [3.63, 3.8) is 0 Å². The van der Waals surface area contributed by atoms with Crippen molar-refractivity contribution in [3.05, 3.63) is 5.01 Å². The maximum absolute atomic E-state index is 4.03. The summed E-state index contributed by atoms with van der Waals surface area (Å²) in [4.78, 5) is 0. The smallest absolute Gasteiger partial charge is 0.174 e. The van der Waals surface area contributed by atoms with Crippen LogP contribution in [0.15, 0.2) is 4.34 Å². The Morgan fingerprint density at radius 2 is 2.33 bits per heavy atom.